The van der Waals surface area contributed by atoms with Crippen LogP contribution in [-0.2, 0) is 6.42 Å². The minimum absolute atomic E-state index is 0.474. The number of rotatable bonds is 5. The molecule has 0 aliphatic carbocycles. The lowest BCUT2D eigenvalue weighted by molar-refractivity contribution is -0.387. The zero-order chi connectivity index (χ0) is 11.3. The van der Waals surface area contributed by atoms with Crippen LogP contribution in [0.5, 0.6) is 0 Å². The Balaban J connectivity index is 2.69. The molecule has 0 fully saturated rings. The molecule has 1 rings (SSSR count). The van der Waals surface area contributed by atoms with E-state index in [-0.39, 0.29) is 0 Å². The van der Waals surface area contributed by atoms with Crippen molar-refractivity contribution in [2.45, 2.75) is 19.3 Å². The van der Waals surface area contributed by atoms with Crippen LogP contribution in [0.1, 0.15) is 18.4 Å². The highest BCUT2D eigenvalue weighted by Crippen LogP contribution is 2.18. The van der Waals surface area contributed by atoms with Crippen molar-refractivity contribution in [3.05, 3.63) is 39.7 Å². The average Bonchev–Trinajstić information content (AvgIpc) is 2.17. The Morgan fingerprint density at radius 1 is 1.40 bits per heavy atom. The molecule has 5 heteroatoms. The van der Waals surface area contributed by atoms with Gasteiger partial charge in [-0.1, -0.05) is 6.07 Å². The second kappa shape index (κ2) is 5.41. The number of unbranched alkanes of at least 4 members (excludes halogenated alkanes) is 1. The van der Waals surface area contributed by atoms with Crippen molar-refractivity contribution in [2.24, 2.45) is 5.73 Å². The van der Waals surface area contributed by atoms with Gasteiger partial charge in [0.25, 0.3) is 0 Å². The van der Waals surface area contributed by atoms with E-state index in [0.29, 0.717) is 13.0 Å². The highest BCUT2D eigenvalue weighted by atomic mass is 19.1. The van der Waals surface area contributed by atoms with E-state index in [4.69, 9.17) is 5.73 Å². The van der Waals surface area contributed by atoms with Gasteiger partial charge in [0, 0.05) is 6.07 Å². The van der Waals surface area contributed by atoms with Crippen molar-refractivity contribution >= 4 is 5.69 Å². The predicted octanol–water partition coefficient (Wildman–Crippen LogP) is 2.02. The van der Waals surface area contributed by atoms with E-state index in [1.54, 1.807) is 6.07 Å². The van der Waals surface area contributed by atoms with Gasteiger partial charge in [0.1, 0.15) is 0 Å². The molecule has 15 heavy (non-hydrogen) atoms. The molecule has 0 heterocycles. The zero-order valence-electron chi connectivity index (χ0n) is 8.28. The number of nitrogens with two attached hydrogens (primary N) is 1. The third-order valence-electron chi connectivity index (χ3n) is 2.13. The topological polar surface area (TPSA) is 69.2 Å². The second-order valence-corrected chi connectivity index (χ2v) is 3.29. The Hall–Kier alpha value is -1.49. The first-order valence-corrected chi connectivity index (χ1v) is 4.78. The fourth-order valence-corrected chi connectivity index (χ4v) is 1.33. The van der Waals surface area contributed by atoms with Gasteiger partial charge in [-0.15, -0.1) is 0 Å². The summed E-state index contributed by atoms with van der Waals surface area (Å²) in [6, 6.07) is 4.00. The molecule has 0 saturated carbocycles. The maximum absolute atomic E-state index is 13.1. The summed E-state index contributed by atoms with van der Waals surface area (Å²) in [5, 5.41) is 10.3. The summed E-state index contributed by atoms with van der Waals surface area (Å²) in [6.45, 7) is 0.607. The Bertz CT molecular complexity index is 355. The highest BCUT2D eigenvalue weighted by molar-refractivity contribution is 5.34. The van der Waals surface area contributed by atoms with Crippen LogP contribution in [-0.4, -0.2) is 11.5 Å². The van der Waals surface area contributed by atoms with E-state index in [9.17, 15) is 14.5 Å². The molecule has 1 aromatic carbocycles. The Morgan fingerprint density at radius 2 is 2.13 bits per heavy atom. The minimum Gasteiger partial charge on any atom is -0.330 e. The fraction of sp³-hybridized carbons (Fsp3) is 0.400. The summed E-state index contributed by atoms with van der Waals surface area (Å²) >= 11 is 0. The molecule has 0 aromatic heterocycles. The molecule has 0 saturated heterocycles. The molecule has 4 nitrogen and oxygen atoms in total. The molecule has 0 atom stereocenters. The predicted molar refractivity (Wildman–Crippen MR) is 55.0 cm³/mol. The molecule has 1 aromatic rings. The van der Waals surface area contributed by atoms with Crippen LogP contribution in [0.2, 0.25) is 0 Å². The molecule has 0 unspecified atom stereocenters. The lowest BCUT2D eigenvalue weighted by Crippen LogP contribution is -1.99. The van der Waals surface area contributed by atoms with Crippen LogP contribution in [0, 0.1) is 15.9 Å². The number of nitrogens with zero attached hydrogens (tertiary/aromatic N) is 1. The van der Waals surface area contributed by atoms with Crippen molar-refractivity contribution in [2.75, 3.05) is 6.54 Å². The molecule has 0 amide bonds. The van der Waals surface area contributed by atoms with Gasteiger partial charge in [0.15, 0.2) is 0 Å². The molecule has 2 N–H and O–H groups in total. The molecule has 82 valence electrons. The number of hydrogen-bond acceptors (Lipinski definition) is 3. The van der Waals surface area contributed by atoms with Gasteiger partial charge >= 0.3 is 5.69 Å². The normalized spacial score (nSPS) is 10.3. The third kappa shape index (κ3) is 3.28. The third-order valence-corrected chi connectivity index (χ3v) is 2.13. The maximum atomic E-state index is 13.1. The molecular formula is C10H13FN2O2. The van der Waals surface area contributed by atoms with Crippen molar-refractivity contribution in [3.63, 3.8) is 0 Å². The first kappa shape index (κ1) is 11.6. The van der Waals surface area contributed by atoms with Gasteiger partial charge in [-0.2, -0.15) is 4.39 Å². The highest BCUT2D eigenvalue weighted by Gasteiger charge is 2.13. The summed E-state index contributed by atoms with van der Waals surface area (Å²) in [5.41, 5.74) is 5.62. The van der Waals surface area contributed by atoms with Gasteiger partial charge in [-0.3, -0.25) is 10.1 Å². The smallest absolute Gasteiger partial charge is 0.304 e. The monoisotopic (exact) mass is 212 g/mol. The van der Waals surface area contributed by atoms with Gasteiger partial charge in [-0.05, 0) is 37.4 Å². The molecule has 0 spiro atoms. The maximum Gasteiger partial charge on any atom is 0.304 e. The van der Waals surface area contributed by atoms with E-state index in [2.05, 4.69) is 0 Å². The lowest BCUT2D eigenvalue weighted by Gasteiger charge is -2.01. The van der Waals surface area contributed by atoms with Crippen molar-refractivity contribution in [1.29, 1.82) is 0 Å². The summed E-state index contributed by atoms with van der Waals surface area (Å²) in [7, 11) is 0. The Kier molecular flexibility index (Phi) is 4.17. The summed E-state index contributed by atoms with van der Waals surface area (Å²) in [6.07, 6.45) is 2.44. The van der Waals surface area contributed by atoms with E-state index >= 15 is 0 Å². The molecule has 0 bridgehead atoms. The molecule has 0 radical (unpaired) electrons. The van der Waals surface area contributed by atoms with Crippen molar-refractivity contribution < 1.29 is 9.31 Å². The molecular weight excluding hydrogens is 199 g/mol. The second-order valence-electron chi connectivity index (χ2n) is 3.29. The standard InChI is InChI=1S/C10H13FN2O2/c11-9-7-8(3-1-2-6-12)4-5-10(9)13(14)15/h4-5,7H,1-3,6,12H2. The van der Waals surface area contributed by atoms with E-state index in [0.717, 1.165) is 18.4 Å². The number of nitro benzene ring substituents is 1. The summed E-state index contributed by atoms with van der Waals surface area (Å²) in [4.78, 5) is 9.62. The van der Waals surface area contributed by atoms with Crippen LogP contribution in [0.4, 0.5) is 10.1 Å². The first-order valence-electron chi connectivity index (χ1n) is 4.78. The van der Waals surface area contributed by atoms with Crippen LogP contribution in [0.25, 0.3) is 0 Å². The Labute approximate surface area is 87.0 Å². The van der Waals surface area contributed by atoms with Gasteiger partial charge in [-0.25, -0.2) is 0 Å². The van der Waals surface area contributed by atoms with Crippen molar-refractivity contribution in [3.8, 4) is 0 Å². The van der Waals surface area contributed by atoms with Gasteiger partial charge in [0.2, 0.25) is 5.82 Å². The van der Waals surface area contributed by atoms with Crippen molar-refractivity contribution in [1.82, 2.24) is 0 Å². The van der Waals surface area contributed by atoms with E-state index in [1.165, 1.54) is 12.1 Å². The van der Waals surface area contributed by atoms with E-state index in [1.807, 2.05) is 0 Å². The first-order chi connectivity index (χ1) is 7.15. The average molecular weight is 212 g/mol. The molecule has 0 aliphatic rings. The summed E-state index contributed by atoms with van der Waals surface area (Å²) in [5.74, 6) is -0.773. The zero-order valence-corrected chi connectivity index (χ0v) is 8.28. The number of halogens is 1. The fourth-order valence-electron chi connectivity index (χ4n) is 1.33. The van der Waals surface area contributed by atoms with Crippen LogP contribution < -0.4 is 5.73 Å². The minimum atomic E-state index is -0.773. The van der Waals surface area contributed by atoms with Gasteiger partial charge in [0.05, 0.1) is 4.92 Å². The number of nitro groups is 1. The van der Waals surface area contributed by atoms with Crippen LogP contribution in [0.3, 0.4) is 0 Å². The Morgan fingerprint density at radius 3 is 2.67 bits per heavy atom. The van der Waals surface area contributed by atoms with Crippen LogP contribution in [0.15, 0.2) is 18.2 Å². The quantitative estimate of drug-likeness (QED) is 0.461. The van der Waals surface area contributed by atoms with Gasteiger partial charge < -0.3 is 5.73 Å². The SMILES string of the molecule is NCCCCc1ccc([N+](=O)[O-])c(F)c1. The van der Waals surface area contributed by atoms with Crippen LogP contribution >= 0.6 is 0 Å². The number of aryl methyl sites for hydroxylation is 1. The number of hydrogen-bond donors (Lipinski definition) is 1. The molecule has 0 aliphatic heterocycles. The summed E-state index contributed by atoms with van der Waals surface area (Å²) < 4.78 is 13.1. The van der Waals surface area contributed by atoms with E-state index < -0.39 is 16.4 Å². The lowest BCUT2D eigenvalue weighted by atomic mass is 10.1. The largest absolute Gasteiger partial charge is 0.330 e. The number of benzene rings is 1.